The van der Waals surface area contributed by atoms with Crippen molar-refractivity contribution >= 4 is 12.1 Å². The zero-order chi connectivity index (χ0) is 16.5. The molecule has 23 heavy (non-hydrogen) atoms. The van der Waals surface area contributed by atoms with Gasteiger partial charge in [0, 0.05) is 18.5 Å². The zero-order valence-corrected chi connectivity index (χ0v) is 13.0. The lowest BCUT2D eigenvalue weighted by molar-refractivity contribution is 0.0916. The summed E-state index contributed by atoms with van der Waals surface area (Å²) in [5, 5.41) is 16.4. The first-order valence-corrected chi connectivity index (χ1v) is 7.36. The van der Waals surface area contributed by atoms with Crippen molar-refractivity contribution in [3.05, 3.63) is 71.3 Å². The first kappa shape index (κ1) is 16.7. The van der Waals surface area contributed by atoms with Crippen molar-refractivity contribution in [3.63, 3.8) is 0 Å². The maximum absolute atomic E-state index is 12.0. The van der Waals surface area contributed by atoms with E-state index in [1.54, 1.807) is 30.5 Å². The summed E-state index contributed by atoms with van der Waals surface area (Å²) in [7, 11) is 1.47. The highest BCUT2D eigenvalue weighted by molar-refractivity contribution is 5.95. The topological polar surface area (TPSA) is 70.9 Å². The summed E-state index contributed by atoms with van der Waals surface area (Å²) in [6.45, 7) is 0.209. The zero-order valence-electron chi connectivity index (χ0n) is 13.0. The third-order valence-corrected chi connectivity index (χ3v) is 3.29. The van der Waals surface area contributed by atoms with Gasteiger partial charge in [-0.25, -0.2) is 0 Å². The van der Waals surface area contributed by atoms with Gasteiger partial charge < -0.3 is 15.3 Å². The molecule has 2 aromatic carbocycles. The molecule has 0 aliphatic carbocycles. The number of aliphatic hydroxyl groups excluding tert-OH is 1. The Morgan fingerprint density at radius 1 is 1.22 bits per heavy atom. The van der Waals surface area contributed by atoms with Gasteiger partial charge in [0.15, 0.2) is 0 Å². The molecule has 5 nitrogen and oxygen atoms in total. The number of nitrogens with zero attached hydrogens (tertiary/aromatic N) is 1. The third-order valence-electron chi connectivity index (χ3n) is 3.29. The van der Waals surface area contributed by atoms with E-state index in [9.17, 15) is 9.90 Å². The van der Waals surface area contributed by atoms with Crippen LogP contribution >= 0.6 is 0 Å². The van der Waals surface area contributed by atoms with Crippen LogP contribution < -0.4 is 5.32 Å². The fourth-order valence-corrected chi connectivity index (χ4v) is 2.11. The van der Waals surface area contributed by atoms with Crippen molar-refractivity contribution in [2.75, 3.05) is 13.7 Å². The maximum Gasteiger partial charge on any atom is 0.251 e. The Bertz CT molecular complexity index is 639. The number of carbonyl (C=O) groups excluding carboxylic acids is 1. The Kier molecular flexibility index (Phi) is 6.32. The van der Waals surface area contributed by atoms with Crippen LogP contribution in [0.5, 0.6) is 0 Å². The van der Waals surface area contributed by atoms with Crippen LogP contribution in [0.15, 0.2) is 59.8 Å². The largest absolute Gasteiger partial charge is 0.399 e. The molecule has 2 aromatic rings. The van der Waals surface area contributed by atoms with E-state index in [0.29, 0.717) is 12.0 Å². The van der Waals surface area contributed by atoms with E-state index in [0.717, 1.165) is 11.1 Å². The minimum absolute atomic E-state index is 0.209. The van der Waals surface area contributed by atoms with Gasteiger partial charge in [-0.15, -0.1) is 0 Å². The number of benzene rings is 2. The van der Waals surface area contributed by atoms with Gasteiger partial charge in [-0.05, 0) is 23.3 Å². The molecule has 0 aliphatic heterocycles. The van der Waals surface area contributed by atoms with Crippen LogP contribution in [0.25, 0.3) is 0 Å². The lowest BCUT2D eigenvalue weighted by Crippen LogP contribution is -2.33. The number of amides is 1. The summed E-state index contributed by atoms with van der Waals surface area (Å²) in [6.07, 6.45) is 1.45. The third kappa shape index (κ3) is 5.56. The van der Waals surface area contributed by atoms with Crippen LogP contribution in [0.1, 0.15) is 21.5 Å². The highest BCUT2D eigenvalue weighted by Crippen LogP contribution is 2.05. The van der Waals surface area contributed by atoms with E-state index in [2.05, 4.69) is 15.3 Å². The molecule has 2 rings (SSSR count). The Labute approximate surface area is 135 Å². The molecule has 2 N–H and O–H groups in total. The second kappa shape index (κ2) is 8.70. The minimum Gasteiger partial charge on any atom is -0.399 e. The molecule has 0 radical (unpaired) electrons. The molecule has 0 aromatic heterocycles. The van der Waals surface area contributed by atoms with Crippen LogP contribution in [0.3, 0.4) is 0 Å². The van der Waals surface area contributed by atoms with Gasteiger partial charge in [0.25, 0.3) is 5.91 Å². The van der Waals surface area contributed by atoms with Crippen LogP contribution in [0.2, 0.25) is 0 Å². The van der Waals surface area contributed by atoms with E-state index < -0.39 is 6.10 Å². The predicted octanol–water partition coefficient (Wildman–Crippen LogP) is 2.00. The number of nitrogens with one attached hydrogen (secondary N) is 1. The first-order chi connectivity index (χ1) is 11.2. The van der Waals surface area contributed by atoms with E-state index >= 15 is 0 Å². The Morgan fingerprint density at radius 2 is 1.91 bits per heavy atom. The van der Waals surface area contributed by atoms with Gasteiger partial charge in [0.05, 0.1) is 12.3 Å². The second-order valence-corrected chi connectivity index (χ2v) is 5.09. The molecule has 0 fully saturated rings. The monoisotopic (exact) mass is 312 g/mol. The van der Waals surface area contributed by atoms with Crippen molar-refractivity contribution in [1.82, 2.24) is 5.32 Å². The molecule has 0 spiro atoms. The molecule has 0 aliphatic rings. The summed E-state index contributed by atoms with van der Waals surface area (Å²) in [5.74, 6) is -0.215. The maximum atomic E-state index is 12.0. The van der Waals surface area contributed by atoms with Crippen molar-refractivity contribution in [3.8, 4) is 0 Å². The predicted molar refractivity (Wildman–Crippen MR) is 89.5 cm³/mol. The number of hydrogen-bond acceptors (Lipinski definition) is 4. The molecule has 0 saturated heterocycles. The number of rotatable bonds is 7. The summed E-state index contributed by atoms with van der Waals surface area (Å²) < 4.78 is 0. The fraction of sp³-hybridized carbons (Fsp3) is 0.222. The van der Waals surface area contributed by atoms with E-state index in [4.69, 9.17) is 0 Å². The Hall–Kier alpha value is -2.66. The lowest BCUT2D eigenvalue weighted by Gasteiger charge is -2.12. The van der Waals surface area contributed by atoms with Gasteiger partial charge in [0.2, 0.25) is 0 Å². The molecular weight excluding hydrogens is 292 g/mol. The normalized spacial score (nSPS) is 12.1. The van der Waals surface area contributed by atoms with Gasteiger partial charge >= 0.3 is 0 Å². The van der Waals surface area contributed by atoms with Crippen LogP contribution in [-0.2, 0) is 11.3 Å². The number of oxime groups is 1. The molecule has 0 bridgehead atoms. The Morgan fingerprint density at radius 3 is 2.57 bits per heavy atom. The minimum atomic E-state index is -0.616. The van der Waals surface area contributed by atoms with E-state index in [1.807, 2.05) is 30.3 Å². The van der Waals surface area contributed by atoms with Crippen molar-refractivity contribution in [1.29, 1.82) is 0 Å². The van der Waals surface area contributed by atoms with E-state index in [1.165, 1.54) is 7.11 Å². The molecule has 5 heteroatoms. The molecule has 1 unspecified atom stereocenters. The lowest BCUT2D eigenvalue weighted by atomic mass is 10.1. The standard InChI is InChI=1S/C18H20N2O3/c1-23-20-12-15-7-9-16(10-8-15)18(22)19-13-17(21)11-14-5-3-2-4-6-14/h2-10,12,17,21H,11,13H2,1H3,(H,19,22)/b20-12+. The summed E-state index contributed by atoms with van der Waals surface area (Å²) in [6, 6.07) is 16.6. The van der Waals surface area contributed by atoms with Gasteiger partial charge in [-0.1, -0.05) is 47.6 Å². The highest BCUT2D eigenvalue weighted by atomic mass is 16.6. The van der Waals surface area contributed by atoms with Gasteiger partial charge in [-0.2, -0.15) is 0 Å². The SMILES string of the molecule is CO/N=C/c1ccc(C(=O)NCC(O)Cc2ccccc2)cc1. The number of carbonyl (C=O) groups is 1. The van der Waals surface area contributed by atoms with Crippen molar-refractivity contribution in [2.45, 2.75) is 12.5 Å². The average molecular weight is 312 g/mol. The molecule has 0 heterocycles. The average Bonchev–Trinajstić information content (AvgIpc) is 2.59. The van der Waals surface area contributed by atoms with E-state index in [-0.39, 0.29) is 12.5 Å². The summed E-state index contributed by atoms with van der Waals surface area (Å²) in [5.41, 5.74) is 2.41. The molecule has 1 amide bonds. The summed E-state index contributed by atoms with van der Waals surface area (Å²) >= 11 is 0. The van der Waals surface area contributed by atoms with Crippen LogP contribution in [0.4, 0.5) is 0 Å². The van der Waals surface area contributed by atoms with Crippen molar-refractivity contribution < 1.29 is 14.7 Å². The molecule has 0 saturated carbocycles. The second-order valence-electron chi connectivity index (χ2n) is 5.09. The summed E-state index contributed by atoms with van der Waals surface area (Å²) in [4.78, 5) is 16.6. The molecule has 120 valence electrons. The Balaban J connectivity index is 1.83. The van der Waals surface area contributed by atoms with Crippen molar-refractivity contribution in [2.24, 2.45) is 5.16 Å². The smallest absolute Gasteiger partial charge is 0.251 e. The number of hydrogen-bond donors (Lipinski definition) is 2. The number of aliphatic hydroxyl groups is 1. The molecular formula is C18H20N2O3. The van der Waals surface area contributed by atoms with Crippen LogP contribution in [0, 0.1) is 0 Å². The molecule has 1 atom stereocenters. The first-order valence-electron chi connectivity index (χ1n) is 7.36. The quantitative estimate of drug-likeness (QED) is 0.607. The fourth-order valence-electron chi connectivity index (χ4n) is 2.11. The van der Waals surface area contributed by atoms with Gasteiger partial charge in [0.1, 0.15) is 7.11 Å². The van der Waals surface area contributed by atoms with Crippen LogP contribution in [-0.4, -0.2) is 37.0 Å². The highest BCUT2D eigenvalue weighted by Gasteiger charge is 2.09. The van der Waals surface area contributed by atoms with Gasteiger partial charge in [-0.3, -0.25) is 4.79 Å².